The summed E-state index contributed by atoms with van der Waals surface area (Å²) in [5.74, 6) is -1.01. The minimum Gasteiger partial charge on any atom is -0.480 e. The van der Waals surface area contributed by atoms with Gasteiger partial charge in [0.2, 0.25) is 0 Å². The molecule has 0 bridgehead atoms. The van der Waals surface area contributed by atoms with Gasteiger partial charge in [-0.05, 0) is 23.3 Å². The van der Waals surface area contributed by atoms with E-state index >= 15 is 0 Å². The van der Waals surface area contributed by atoms with Crippen molar-refractivity contribution >= 4 is 35.8 Å². The number of carboxylic acid groups (broad SMARTS) is 1. The first kappa shape index (κ1) is 7.69. The van der Waals surface area contributed by atoms with E-state index in [1.54, 1.807) is 0 Å². The first-order valence-electron chi connectivity index (χ1n) is 1.80. The molecule has 1 atom stereocenters. The number of hydrogen-bond donors (Lipinski definition) is 2. The van der Waals surface area contributed by atoms with Gasteiger partial charge in [0.15, 0.2) is 0 Å². The fourth-order valence-corrected chi connectivity index (χ4v) is 0.447. The lowest BCUT2D eigenvalue weighted by Gasteiger charge is -1.90. The highest BCUT2D eigenvalue weighted by Crippen LogP contribution is 1.92. The van der Waals surface area contributed by atoms with Crippen LogP contribution in [0.15, 0.2) is 6.08 Å². The first-order valence-corrected chi connectivity index (χ1v) is 2.73. The zero-order valence-corrected chi connectivity index (χ0v) is 5.58. The zero-order chi connectivity index (χ0) is 6.57. The Morgan fingerprint density at radius 2 is 2.50 bits per heavy atom. The lowest BCUT2D eigenvalue weighted by molar-refractivity contribution is -0.135. The number of rotatable bonds is 2. The Kier molecular flexibility index (Phi) is 3.52. The maximum atomic E-state index is 9.90. The summed E-state index contributed by atoms with van der Waals surface area (Å²) in [7, 11) is 0. The molecule has 0 aliphatic heterocycles. The first-order chi connectivity index (χ1) is 3.68. The van der Waals surface area contributed by atoms with Gasteiger partial charge in [0.1, 0.15) is 5.25 Å². The predicted molar refractivity (Wildman–Crippen MR) is 37.6 cm³/mol. The standard InChI is InChI=1S/C4H4O2S2/c5-4(6)3(8)1-2-7/h1,3,8H,(H,5,6). The van der Waals surface area contributed by atoms with Crippen molar-refractivity contribution < 1.29 is 9.90 Å². The van der Waals surface area contributed by atoms with E-state index in [0.717, 1.165) is 0 Å². The van der Waals surface area contributed by atoms with Crippen LogP contribution in [0.1, 0.15) is 0 Å². The van der Waals surface area contributed by atoms with Crippen LogP contribution < -0.4 is 0 Å². The topological polar surface area (TPSA) is 37.3 Å². The van der Waals surface area contributed by atoms with E-state index in [9.17, 15) is 4.79 Å². The lowest BCUT2D eigenvalue weighted by atomic mass is 10.4. The van der Waals surface area contributed by atoms with E-state index in [2.05, 4.69) is 29.9 Å². The van der Waals surface area contributed by atoms with Crippen LogP contribution in [-0.2, 0) is 4.79 Å². The Balaban J connectivity index is 3.82. The fraction of sp³-hybridized carbons (Fsp3) is 0.250. The van der Waals surface area contributed by atoms with Crippen LogP contribution in [0.3, 0.4) is 0 Å². The third kappa shape index (κ3) is 2.80. The molecule has 0 aromatic rings. The number of carbonyl (C=O) groups is 1. The molecule has 0 aromatic carbocycles. The van der Waals surface area contributed by atoms with Gasteiger partial charge < -0.3 is 5.11 Å². The molecule has 0 heterocycles. The van der Waals surface area contributed by atoms with Gasteiger partial charge >= 0.3 is 5.97 Å². The van der Waals surface area contributed by atoms with Crippen molar-refractivity contribution in [2.75, 3.05) is 0 Å². The molecule has 0 spiro atoms. The molecule has 0 fully saturated rings. The van der Waals surface area contributed by atoms with Crippen LogP contribution in [0, 0.1) is 0 Å². The van der Waals surface area contributed by atoms with Crippen molar-refractivity contribution in [1.82, 2.24) is 0 Å². The summed E-state index contributed by atoms with van der Waals surface area (Å²) in [5.41, 5.74) is 0. The largest absolute Gasteiger partial charge is 0.480 e. The van der Waals surface area contributed by atoms with E-state index in [0.29, 0.717) is 0 Å². The van der Waals surface area contributed by atoms with Crippen LogP contribution in [0.25, 0.3) is 0 Å². The molecule has 8 heavy (non-hydrogen) atoms. The van der Waals surface area contributed by atoms with Crippen LogP contribution in [0.5, 0.6) is 0 Å². The maximum Gasteiger partial charge on any atom is 0.320 e. The van der Waals surface area contributed by atoms with Crippen LogP contribution in [-0.4, -0.2) is 21.3 Å². The number of thiol groups is 1. The Morgan fingerprint density at radius 3 is 2.62 bits per heavy atom. The van der Waals surface area contributed by atoms with Gasteiger partial charge in [-0.2, -0.15) is 12.6 Å². The van der Waals surface area contributed by atoms with Gasteiger partial charge in [0.05, 0.1) is 0 Å². The zero-order valence-electron chi connectivity index (χ0n) is 3.87. The molecule has 0 radical (unpaired) electrons. The summed E-state index contributed by atoms with van der Waals surface area (Å²) in [5, 5.41) is 9.46. The molecular formula is C4H4O2S2. The van der Waals surface area contributed by atoms with Crippen molar-refractivity contribution in [3.8, 4) is 0 Å². The summed E-state index contributed by atoms with van der Waals surface area (Å²) >= 11 is 7.85. The maximum absolute atomic E-state index is 9.90. The molecule has 4 heteroatoms. The van der Waals surface area contributed by atoms with Crippen molar-refractivity contribution in [2.24, 2.45) is 0 Å². The highest BCUT2D eigenvalue weighted by molar-refractivity contribution is 7.82. The summed E-state index contributed by atoms with van der Waals surface area (Å²) in [6, 6.07) is 0. The Hall–Kier alpha value is -0.310. The monoisotopic (exact) mass is 148 g/mol. The SMILES string of the molecule is O=C(O)C(S)C=C=S. The molecule has 1 unspecified atom stereocenters. The highest BCUT2D eigenvalue weighted by atomic mass is 32.1. The number of hydrogen-bond acceptors (Lipinski definition) is 3. The van der Waals surface area contributed by atoms with Gasteiger partial charge in [0, 0.05) is 0 Å². The van der Waals surface area contributed by atoms with Crippen LogP contribution in [0.4, 0.5) is 0 Å². The molecule has 0 rings (SSSR count). The number of carboxylic acids is 1. The van der Waals surface area contributed by atoms with Crippen molar-refractivity contribution in [3.05, 3.63) is 6.08 Å². The summed E-state index contributed by atoms with van der Waals surface area (Å²) in [6.07, 6.45) is 1.20. The molecular weight excluding hydrogens is 144 g/mol. The second-order valence-corrected chi connectivity index (χ2v) is 1.86. The molecule has 0 amide bonds. The van der Waals surface area contributed by atoms with Gasteiger partial charge in [-0.1, -0.05) is 0 Å². The van der Waals surface area contributed by atoms with E-state index in [4.69, 9.17) is 5.11 Å². The average molecular weight is 148 g/mol. The smallest absolute Gasteiger partial charge is 0.320 e. The summed E-state index contributed by atoms with van der Waals surface area (Å²) in [4.78, 5) is 9.90. The quantitative estimate of drug-likeness (QED) is 0.443. The average Bonchev–Trinajstić information content (AvgIpc) is 1.67. The minimum absolute atomic E-state index is 0.813. The van der Waals surface area contributed by atoms with Gasteiger partial charge in [-0.3, -0.25) is 4.79 Å². The van der Waals surface area contributed by atoms with Crippen LogP contribution in [0.2, 0.25) is 0 Å². The fourth-order valence-electron chi connectivity index (χ4n) is 0.136. The molecule has 0 saturated carbocycles. The minimum atomic E-state index is -1.01. The highest BCUT2D eigenvalue weighted by Gasteiger charge is 2.05. The summed E-state index contributed by atoms with van der Waals surface area (Å²) in [6.45, 7) is 0. The normalized spacial score (nSPS) is 11.6. The number of aliphatic carboxylic acids is 1. The molecule has 44 valence electrons. The van der Waals surface area contributed by atoms with E-state index in [1.165, 1.54) is 6.08 Å². The Morgan fingerprint density at radius 1 is 2.00 bits per heavy atom. The second kappa shape index (κ2) is 3.66. The molecule has 0 saturated heterocycles. The van der Waals surface area contributed by atoms with Gasteiger partial charge in [-0.25, -0.2) is 0 Å². The molecule has 0 aliphatic carbocycles. The second-order valence-electron chi connectivity index (χ2n) is 1.07. The van der Waals surface area contributed by atoms with E-state index in [-0.39, 0.29) is 0 Å². The third-order valence-corrected chi connectivity index (χ3v) is 0.985. The third-order valence-electron chi connectivity index (χ3n) is 0.479. The van der Waals surface area contributed by atoms with Gasteiger partial charge in [0.25, 0.3) is 0 Å². The number of thiocarbonyl (C=S) groups is 1. The summed E-state index contributed by atoms with van der Waals surface area (Å²) < 4.78 is 0. The molecule has 1 N–H and O–H groups in total. The van der Waals surface area contributed by atoms with Crippen molar-refractivity contribution in [3.63, 3.8) is 0 Å². The molecule has 0 aromatic heterocycles. The van der Waals surface area contributed by atoms with Crippen molar-refractivity contribution in [2.45, 2.75) is 5.25 Å². The molecule has 2 nitrogen and oxygen atoms in total. The van der Waals surface area contributed by atoms with Crippen LogP contribution >= 0.6 is 24.8 Å². The van der Waals surface area contributed by atoms with Crippen molar-refractivity contribution in [1.29, 1.82) is 0 Å². The van der Waals surface area contributed by atoms with Gasteiger partial charge in [-0.15, -0.1) is 0 Å². The predicted octanol–water partition coefficient (Wildman–Crippen LogP) is 0.524. The Labute approximate surface area is 57.6 Å². The van der Waals surface area contributed by atoms with E-state index < -0.39 is 11.2 Å². The lowest BCUT2D eigenvalue weighted by Crippen LogP contribution is -2.09. The van der Waals surface area contributed by atoms with E-state index in [1.807, 2.05) is 0 Å². The Bertz CT molecular complexity index is 135. The molecule has 0 aliphatic rings.